The first kappa shape index (κ1) is 25.3. The van der Waals surface area contributed by atoms with Gasteiger partial charge in [-0.25, -0.2) is 0 Å². The number of fused-ring (bicyclic) bond motifs is 5. The second kappa shape index (κ2) is 8.12. The summed E-state index contributed by atoms with van der Waals surface area (Å²) in [4.78, 5) is 13.2. The lowest BCUT2D eigenvalue weighted by Gasteiger charge is -2.60. The first-order valence-corrected chi connectivity index (χ1v) is 12.9. The van der Waals surface area contributed by atoms with E-state index in [0.29, 0.717) is 25.7 Å². The van der Waals surface area contributed by atoms with Crippen LogP contribution in [0.1, 0.15) is 86.0 Å². The minimum atomic E-state index is -1.10. The highest BCUT2D eigenvalue weighted by atomic mass is 16.3. The lowest BCUT2D eigenvalue weighted by atomic mass is 9.46. The fourth-order valence-corrected chi connectivity index (χ4v) is 8.29. The number of carbonyl (C=O) groups excluding carboxylic acids is 1. The van der Waals surface area contributed by atoms with Crippen LogP contribution in [0.15, 0.2) is 11.6 Å². The van der Waals surface area contributed by atoms with Gasteiger partial charge < -0.3 is 25.5 Å². The van der Waals surface area contributed by atoms with E-state index >= 15 is 0 Å². The second-order valence-electron chi connectivity index (χ2n) is 12.9. The third-order valence-electron chi connectivity index (χ3n) is 10.5. The van der Waals surface area contributed by atoms with Crippen LogP contribution in [0.3, 0.4) is 0 Å². The predicted molar refractivity (Wildman–Crippen MR) is 125 cm³/mol. The van der Waals surface area contributed by atoms with E-state index in [1.165, 1.54) is 0 Å². The van der Waals surface area contributed by atoms with Crippen molar-refractivity contribution in [1.82, 2.24) is 0 Å². The molecule has 188 valence electrons. The van der Waals surface area contributed by atoms with Crippen molar-refractivity contribution in [2.75, 3.05) is 0 Å². The van der Waals surface area contributed by atoms with E-state index in [0.717, 1.165) is 24.8 Å². The highest BCUT2D eigenvalue weighted by Gasteiger charge is 2.67. The number of carbonyl (C=O) groups is 1. The zero-order valence-electron chi connectivity index (χ0n) is 20.9. The number of hydrogen-bond donors (Lipinski definition) is 5. The van der Waals surface area contributed by atoms with Crippen molar-refractivity contribution in [2.24, 2.45) is 34.5 Å². The maximum Gasteiger partial charge on any atom is 0.159 e. The zero-order valence-corrected chi connectivity index (χ0v) is 20.9. The second-order valence-corrected chi connectivity index (χ2v) is 12.9. The third kappa shape index (κ3) is 3.85. The Balaban J connectivity index is 1.62. The molecule has 0 aromatic carbocycles. The summed E-state index contributed by atoms with van der Waals surface area (Å²) >= 11 is 0. The van der Waals surface area contributed by atoms with Crippen molar-refractivity contribution in [3.05, 3.63) is 11.6 Å². The molecule has 0 aromatic heterocycles. The molecule has 6 nitrogen and oxygen atoms in total. The molecule has 0 saturated heterocycles. The highest BCUT2D eigenvalue weighted by molar-refractivity contribution is 5.95. The quantitative estimate of drug-likeness (QED) is 0.427. The number of allylic oxidation sites excluding steroid dienone is 1. The van der Waals surface area contributed by atoms with Crippen molar-refractivity contribution in [3.63, 3.8) is 0 Å². The lowest BCUT2D eigenvalue weighted by molar-refractivity contribution is -0.154. The number of rotatable bonds is 5. The van der Waals surface area contributed by atoms with Crippen LogP contribution in [0.5, 0.6) is 0 Å². The molecular weight excluding hydrogens is 420 g/mol. The Labute approximate surface area is 198 Å². The summed E-state index contributed by atoms with van der Waals surface area (Å²) in [6.45, 7) is 9.74. The zero-order chi connectivity index (χ0) is 24.6. The van der Waals surface area contributed by atoms with Gasteiger partial charge in [0, 0.05) is 11.3 Å². The highest BCUT2D eigenvalue weighted by Crippen LogP contribution is 2.68. The molecule has 3 fully saturated rings. The van der Waals surface area contributed by atoms with E-state index in [-0.39, 0.29) is 35.9 Å². The Morgan fingerprint density at radius 1 is 1.12 bits per heavy atom. The molecule has 3 saturated carbocycles. The summed E-state index contributed by atoms with van der Waals surface area (Å²) in [5.74, 6) is -0.264. The fraction of sp³-hybridized carbons (Fsp3) is 0.889. The normalized spacial score (nSPS) is 47.3. The van der Waals surface area contributed by atoms with Gasteiger partial charge in [0.2, 0.25) is 0 Å². The van der Waals surface area contributed by atoms with E-state index in [2.05, 4.69) is 20.8 Å². The Morgan fingerprint density at radius 3 is 2.42 bits per heavy atom. The molecule has 0 bridgehead atoms. The minimum absolute atomic E-state index is 0.00888. The molecule has 5 N–H and O–H groups in total. The van der Waals surface area contributed by atoms with E-state index in [1.807, 2.05) is 0 Å². The average Bonchev–Trinajstić information content (AvgIpc) is 2.99. The molecule has 4 rings (SSSR count). The van der Waals surface area contributed by atoms with Crippen LogP contribution < -0.4 is 0 Å². The Morgan fingerprint density at radius 2 is 1.79 bits per heavy atom. The summed E-state index contributed by atoms with van der Waals surface area (Å²) < 4.78 is 0. The van der Waals surface area contributed by atoms with Crippen LogP contribution in [0.4, 0.5) is 0 Å². The van der Waals surface area contributed by atoms with Crippen LogP contribution in [0, 0.1) is 34.5 Å². The smallest absolute Gasteiger partial charge is 0.159 e. The van der Waals surface area contributed by atoms with Crippen LogP contribution in [-0.4, -0.2) is 60.8 Å². The molecule has 0 aliphatic heterocycles. The van der Waals surface area contributed by atoms with Crippen molar-refractivity contribution in [1.29, 1.82) is 0 Å². The minimum Gasteiger partial charge on any atom is -0.393 e. The predicted octanol–water partition coefficient (Wildman–Crippen LogP) is 2.74. The maximum absolute atomic E-state index is 13.2. The largest absolute Gasteiger partial charge is 0.393 e. The van der Waals surface area contributed by atoms with Gasteiger partial charge in [-0.2, -0.15) is 0 Å². The van der Waals surface area contributed by atoms with Gasteiger partial charge in [0.15, 0.2) is 5.78 Å². The average molecular weight is 465 g/mol. The van der Waals surface area contributed by atoms with Crippen molar-refractivity contribution >= 4 is 5.78 Å². The topological polar surface area (TPSA) is 118 Å². The van der Waals surface area contributed by atoms with E-state index in [1.54, 1.807) is 19.9 Å². The molecule has 4 aliphatic rings. The van der Waals surface area contributed by atoms with Crippen molar-refractivity contribution < 1.29 is 30.3 Å². The molecule has 6 heteroatoms. The molecule has 0 spiro atoms. The van der Waals surface area contributed by atoms with Crippen molar-refractivity contribution in [3.8, 4) is 0 Å². The number of aliphatic hydroxyl groups is 5. The number of aliphatic hydroxyl groups excluding tert-OH is 3. The van der Waals surface area contributed by atoms with Gasteiger partial charge in [0.05, 0.1) is 29.5 Å². The molecule has 33 heavy (non-hydrogen) atoms. The summed E-state index contributed by atoms with van der Waals surface area (Å²) in [5, 5.41) is 53.9. The van der Waals surface area contributed by atoms with Gasteiger partial charge in [0.1, 0.15) is 0 Å². The van der Waals surface area contributed by atoms with E-state index in [9.17, 15) is 30.3 Å². The molecule has 0 aromatic rings. The summed E-state index contributed by atoms with van der Waals surface area (Å²) in [5.41, 5.74) is -2.01. The lowest BCUT2D eigenvalue weighted by Crippen LogP contribution is -2.61. The van der Waals surface area contributed by atoms with Crippen LogP contribution in [-0.2, 0) is 4.79 Å². The standard InChI is InChI=1S/C27H44O6/c1-15(20(28)8-9-24(2,3)32)16-7-11-27(33)18-12-21(29)19-13-22(30)23(31)14-25(19,4)17(18)6-10-26(16,27)5/h12,15-17,19-20,22-23,28,30-33H,6-11,13-14H2,1-5H3/t15?,16-,17?,19?,20?,22?,23?,25-,26-,27-/m1/s1. The van der Waals surface area contributed by atoms with Gasteiger partial charge in [-0.1, -0.05) is 20.8 Å². The number of hydrogen-bond acceptors (Lipinski definition) is 6. The van der Waals surface area contributed by atoms with Gasteiger partial charge in [-0.05, 0) is 100 Å². The van der Waals surface area contributed by atoms with Crippen molar-refractivity contribution in [2.45, 2.75) is 115 Å². The maximum atomic E-state index is 13.2. The Kier molecular flexibility index (Phi) is 6.23. The van der Waals surface area contributed by atoms with Crippen LogP contribution in [0.25, 0.3) is 0 Å². The van der Waals surface area contributed by atoms with E-state index in [4.69, 9.17) is 0 Å². The molecule has 10 atom stereocenters. The van der Waals surface area contributed by atoms with Crippen LogP contribution >= 0.6 is 0 Å². The SMILES string of the molecule is CC(C(O)CCC(C)(C)O)[C@H]1CC[C@@]2(O)C3=CC(=O)C4CC(O)C(O)C[C@]4(C)C3CC[C@]12C. The summed E-state index contributed by atoms with van der Waals surface area (Å²) in [7, 11) is 0. The molecular formula is C27H44O6. The Hall–Kier alpha value is -0.790. The molecule has 0 amide bonds. The first-order chi connectivity index (χ1) is 15.1. The molecule has 4 aliphatic carbocycles. The van der Waals surface area contributed by atoms with Gasteiger partial charge in [-0.15, -0.1) is 0 Å². The van der Waals surface area contributed by atoms with E-state index < -0.39 is 40.3 Å². The number of ketones is 1. The van der Waals surface area contributed by atoms with Gasteiger partial charge in [0.25, 0.3) is 0 Å². The van der Waals surface area contributed by atoms with Gasteiger partial charge in [-0.3, -0.25) is 4.79 Å². The monoisotopic (exact) mass is 464 g/mol. The first-order valence-electron chi connectivity index (χ1n) is 12.9. The van der Waals surface area contributed by atoms with Crippen LogP contribution in [0.2, 0.25) is 0 Å². The summed E-state index contributed by atoms with van der Waals surface area (Å²) in [6, 6.07) is 0. The van der Waals surface area contributed by atoms with Gasteiger partial charge >= 0.3 is 0 Å². The summed E-state index contributed by atoms with van der Waals surface area (Å²) in [6.07, 6.45) is 4.06. The molecule has 0 radical (unpaired) electrons. The fourth-order valence-electron chi connectivity index (χ4n) is 8.29. The Bertz CT molecular complexity index is 816. The molecule has 6 unspecified atom stereocenters. The third-order valence-corrected chi connectivity index (χ3v) is 10.5. The molecule has 0 heterocycles.